The highest BCUT2D eigenvalue weighted by molar-refractivity contribution is 5.80. The van der Waals surface area contributed by atoms with Crippen LogP contribution in [-0.2, 0) is 4.74 Å². The lowest BCUT2D eigenvalue weighted by Crippen LogP contribution is -2.40. The monoisotopic (exact) mass is 329 g/mol. The molecule has 2 nitrogen and oxygen atoms in total. The van der Waals surface area contributed by atoms with Crippen LogP contribution in [-0.4, -0.2) is 6.23 Å². The molecule has 0 unspecified atom stereocenters. The standard InChI is InChI=1S/C22H16FNO/c23-18-10-4-2-8-16(18)22-17-9-3-6-12-20(17)24-19-11-5-1-7-15(19)13-14-21(24)25-22/h1-14,21-22H/t21-,22+/m0/s1. The Kier molecular flexibility index (Phi) is 3.22. The summed E-state index contributed by atoms with van der Waals surface area (Å²) in [7, 11) is 0. The normalized spacial score (nSPS) is 20.6. The molecule has 2 heterocycles. The van der Waals surface area contributed by atoms with Crippen LogP contribution in [0.4, 0.5) is 15.8 Å². The minimum atomic E-state index is -0.423. The van der Waals surface area contributed by atoms with E-state index in [1.165, 1.54) is 6.07 Å². The van der Waals surface area contributed by atoms with Crippen molar-refractivity contribution in [1.82, 2.24) is 0 Å². The van der Waals surface area contributed by atoms with Crippen LogP contribution >= 0.6 is 0 Å². The summed E-state index contributed by atoms with van der Waals surface area (Å²) in [6.07, 6.45) is 3.43. The van der Waals surface area contributed by atoms with Crippen molar-refractivity contribution in [3.8, 4) is 0 Å². The van der Waals surface area contributed by atoms with Crippen molar-refractivity contribution in [3.05, 3.63) is 101 Å². The summed E-state index contributed by atoms with van der Waals surface area (Å²) in [4.78, 5) is 2.18. The van der Waals surface area contributed by atoms with Gasteiger partial charge in [0, 0.05) is 11.1 Å². The number of halogens is 1. The van der Waals surface area contributed by atoms with Crippen LogP contribution < -0.4 is 4.90 Å². The predicted octanol–water partition coefficient (Wildman–Crippen LogP) is 5.44. The average molecular weight is 329 g/mol. The maximum absolute atomic E-state index is 14.4. The van der Waals surface area contributed by atoms with Crippen LogP contribution in [0.2, 0.25) is 0 Å². The molecular formula is C22H16FNO. The molecule has 0 bridgehead atoms. The fourth-order valence-corrected chi connectivity index (χ4v) is 3.70. The number of rotatable bonds is 1. The second kappa shape index (κ2) is 5.57. The molecule has 0 saturated carbocycles. The van der Waals surface area contributed by atoms with Gasteiger partial charge in [-0.2, -0.15) is 0 Å². The van der Waals surface area contributed by atoms with Crippen molar-refractivity contribution in [1.29, 1.82) is 0 Å². The molecule has 0 aromatic heterocycles. The quantitative estimate of drug-likeness (QED) is 0.590. The third-order valence-electron chi connectivity index (χ3n) is 4.83. The molecule has 2 aliphatic rings. The molecular weight excluding hydrogens is 313 g/mol. The lowest BCUT2D eigenvalue weighted by Gasteiger charge is -2.43. The number of ether oxygens (including phenoxy) is 1. The lowest BCUT2D eigenvalue weighted by molar-refractivity contribution is 0.0283. The first kappa shape index (κ1) is 14.4. The van der Waals surface area contributed by atoms with E-state index in [9.17, 15) is 4.39 Å². The number of nitrogens with zero attached hydrogens (tertiary/aromatic N) is 1. The number of hydrogen-bond donors (Lipinski definition) is 0. The first-order valence-electron chi connectivity index (χ1n) is 8.38. The fraction of sp³-hybridized carbons (Fsp3) is 0.0909. The molecule has 0 fully saturated rings. The number of fused-ring (bicyclic) bond motifs is 5. The Bertz CT molecular complexity index is 981. The second-order valence-corrected chi connectivity index (χ2v) is 6.27. The molecule has 3 heteroatoms. The van der Waals surface area contributed by atoms with Gasteiger partial charge in [0.15, 0.2) is 6.23 Å². The van der Waals surface area contributed by atoms with E-state index in [4.69, 9.17) is 4.74 Å². The minimum absolute atomic E-state index is 0.240. The topological polar surface area (TPSA) is 12.5 Å². The predicted molar refractivity (Wildman–Crippen MR) is 97.2 cm³/mol. The van der Waals surface area contributed by atoms with Gasteiger partial charge in [0.1, 0.15) is 11.9 Å². The Balaban J connectivity index is 1.71. The highest BCUT2D eigenvalue weighted by Gasteiger charge is 2.36. The first-order valence-corrected chi connectivity index (χ1v) is 8.38. The fourth-order valence-electron chi connectivity index (χ4n) is 3.70. The molecule has 3 aromatic rings. The molecule has 25 heavy (non-hydrogen) atoms. The zero-order chi connectivity index (χ0) is 16.8. The molecule has 0 saturated heterocycles. The first-order chi connectivity index (χ1) is 12.3. The summed E-state index contributed by atoms with van der Waals surface area (Å²) in [6.45, 7) is 0. The molecule has 5 rings (SSSR count). The van der Waals surface area contributed by atoms with Gasteiger partial charge in [0.25, 0.3) is 0 Å². The molecule has 3 aromatic carbocycles. The number of benzene rings is 3. The van der Waals surface area contributed by atoms with E-state index < -0.39 is 6.10 Å². The third-order valence-corrected chi connectivity index (χ3v) is 4.83. The van der Waals surface area contributed by atoms with E-state index in [0.29, 0.717) is 5.56 Å². The minimum Gasteiger partial charge on any atom is -0.341 e. The highest BCUT2D eigenvalue weighted by Crippen LogP contribution is 2.46. The maximum atomic E-state index is 14.4. The van der Waals surface area contributed by atoms with Crippen LogP contribution in [0, 0.1) is 5.82 Å². The average Bonchev–Trinajstić information content (AvgIpc) is 2.67. The molecule has 0 aliphatic carbocycles. The van der Waals surface area contributed by atoms with Gasteiger partial charge in [-0.25, -0.2) is 4.39 Å². The molecule has 2 aliphatic heterocycles. The van der Waals surface area contributed by atoms with Crippen molar-refractivity contribution in [2.75, 3.05) is 4.90 Å². The van der Waals surface area contributed by atoms with Crippen molar-refractivity contribution in [2.24, 2.45) is 0 Å². The summed E-state index contributed by atoms with van der Waals surface area (Å²) in [5.74, 6) is -0.240. The van der Waals surface area contributed by atoms with E-state index in [-0.39, 0.29) is 12.0 Å². The summed E-state index contributed by atoms with van der Waals surface area (Å²) in [5, 5.41) is 0. The molecule has 2 atom stereocenters. The number of hydrogen-bond acceptors (Lipinski definition) is 2. The smallest absolute Gasteiger partial charge is 0.155 e. The van der Waals surface area contributed by atoms with Crippen LogP contribution in [0.25, 0.3) is 6.08 Å². The lowest BCUT2D eigenvalue weighted by atomic mass is 9.94. The van der Waals surface area contributed by atoms with Gasteiger partial charge in [-0.3, -0.25) is 0 Å². The van der Waals surface area contributed by atoms with Crippen LogP contribution in [0.15, 0.2) is 78.9 Å². The van der Waals surface area contributed by atoms with Crippen LogP contribution in [0.1, 0.15) is 22.8 Å². The summed E-state index contributed by atoms with van der Waals surface area (Å²) in [5.41, 5.74) is 4.87. The number of anilines is 2. The Hall–Kier alpha value is -2.91. The van der Waals surface area contributed by atoms with Gasteiger partial charge in [-0.1, -0.05) is 60.7 Å². The third kappa shape index (κ3) is 2.20. The van der Waals surface area contributed by atoms with E-state index in [1.54, 1.807) is 12.1 Å². The van der Waals surface area contributed by atoms with Crippen LogP contribution in [0.3, 0.4) is 0 Å². The Morgan fingerprint density at radius 1 is 0.760 bits per heavy atom. The zero-order valence-corrected chi connectivity index (χ0v) is 13.5. The van der Waals surface area contributed by atoms with E-state index in [0.717, 1.165) is 22.5 Å². The molecule has 0 spiro atoms. The second-order valence-electron chi connectivity index (χ2n) is 6.27. The van der Waals surface area contributed by atoms with Gasteiger partial charge in [0.2, 0.25) is 0 Å². The van der Waals surface area contributed by atoms with Crippen molar-refractivity contribution in [2.45, 2.75) is 12.3 Å². The van der Waals surface area contributed by atoms with Crippen molar-refractivity contribution in [3.63, 3.8) is 0 Å². The summed E-state index contributed by atoms with van der Waals surface area (Å²) < 4.78 is 20.8. The van der Waals surface area contributed by atoms with Gasteiger partial charge in [-0.05, 0) is 29.8 Å². The Morgan fingerprint density at radius 2 is 1.44 bits per heavy atom. The zero-order valence-electron chi connectivity index (χ0n) is 13.5. The van der Waals surface area contributed by atoms with Gasteiger partial charge < -0.3 is 9.64 Å². The molecule has 0 N–H and O–H groups in total. The van der Waals surface area contributed by atoms with Gasteiger partial charge in [0.05, 0.1) is 11.4 Å². The van der Waals surface area contributed by atoms with Gasteiger partial charge in [-0.15, -0.1) is 0 Å². The van der Waals surface area contributed by atoms with E-state index >= 15 is 0 Å². The largest absolute Gasteiger partial charge is 0.341 e. The van der Waals surface area contributed by atoms with Gasteiger partial charge >= 0.3 is 0 Å². The van der Waals surface area contributed by atoms with Crippen LogP contribution in [0.5, 0.6) is 0 Å². The molecule has 122 valence electrons. The van der Waals surface area contributed by atoms with E-state index in [2.05, 4.69) is 29.2 Å². The van der Waals surface area contributed by atoms with Crippen molar-refractivity contribution < 1.29 is 9.13 Å². The number of para-hydroxylation sites is 2. The van der Waals surface area contributed by atoms with Crippen molar-refractivity contribution >= 4 is 17.5 Å². The molecule has 0 radical (unpaired) electrons. The summed E-state index contributed by atoms with van der Waals surface area (Å²) in [6, 6.07) is 23.2. The maximum Gasteiger partial charge on any atom is 0.155 e. The summed E-state index contributed by atoms with van der Waals surface area (Å²) >= 11 is 0. The Labute approximate surface area is 145 Å². The SMILES string of the molecule is Fc1ccccc1[C@H]1O[C@H]2C=Cc3ccccc3N2c2ccccc21. The molecule has 0 amide bonds. The van der Waals surface area contributed by atoms with E-state index in [1.807, 2.05) is 42.5 Å². The Morgan fingerprint density at radius 3 is 2.28 bits per heavy atom. The highest BCUT2D eigenvalue weighted by atomic mass is 19.1.